The van der Waals surface area contributed by atoms with Crippen LogP contribution in [0, 0.1) is 6.92 Å². The molecule has 2 aromatic rings. The quantitative estimate of drug-likeness (QED) is 0.226. The Balaban J connectivity index is 1.99. The highest BCUT2D eigenvalue weighted by Crippen LogP contribution is 2.30. The van der Waals surface area contributed by atoms with Gasteiger partial charge < -0.3 is 19.3 Å². The highest BCUT2D eigenvalue weighted by molar-refractivity contribution is 6.25. The number of carbonyl (C=O) groups excluding carboxylic acids is 5. The standard InChI is InChI=1S/C30H33NO9/c1-19-10-9-13-22(16-19)23(25(34)14-7-8-15-32)17-26(35)27(40-20(2)33)28(38-3)29(36)31-24(18-39-30(31)37)21-11-5-4-6-12-21/h4-6,9-13,16-17,24,27-28,32H,7-8,14-15,18H2,1-3H3. The molecule has 1 aliphatic heterocycles. The summed E-state index contributed by atoms with van der Waals surface area (Å²) in [7, 11) is 1.15. The number of imide groups is 1. The van der Waals surface area contributed by atoms with E-state index in [1.54, 1.807) is 48.5 Å². The van der Waals surface area contributed by atoms with E-state index in [0.29, 0.717) is 24.0 Å². The lowest BCUT2D eigenvalue weighted by molar-refractivity contribution is -0.166. The summed E-state index contributed by atoms with van der Waals surface area (Å²) in [5, 5.41) is 9.10. The summed E-state index contributed by atoms with van der Waals surface area (Å²) in [5.74, 6) is -3.03. The average Bonchev–Trinajstić information content (AvgIpc) is 3.32. The first-order chi connectivity index (χ1) is 19.2. The number of ketones is 2. The molecule has 0 aliphatic carbocycles. The van der Waals surface area contributed by atoms with Gasteiger partial charge in [-0.1, -0.05) is 60.2 Å². The van der Waals surface area contributed by atoms with E-state index in [2.05, 4.69) is 0 Å². The minimum absolute atomic E-state index is 0.0637. The molecule has 0 spiro atoms. The molecule has 2 aromatic carbocycles. The molecule has 0 aromatic heterocycles. The van der Waals surface area contributed by atoms with E-state index in [1.165, 1.54) is 0 Å². The predicted molar refractivity (Wildman–Crippen MR) is 144 cm³/mol. The van der Waals surface area contributed by atoms with Gasteiger partial charge in [-0.05, 0) is 37.0 Å². The first-order valence-corrected chi connectivity index (χ1v) is 12.9. The molecule has 0 bridgehead atoms. The van der Waals surface area contributed by atoms with Crippen LogP contribution in [0.25, 0.3) is 5.57 Å². The third-order valence-electron chi connectivity index (χ3n) is 6.37. The Morgan fingerprint density at radius 3 is 2.42 bits per heavy atom. The molecule has 1 N–H and O–H groups in total. The van der Waals surface area contributed by atoms with E-state index in [1.807, 2.05) is 13.0 Å². The van der Waals surface area contributed by atoms with Gasteiger partial charge >= 0.3 is 12.1 Å². The molecule has 0 saturated carbocycles. The third-order valence-corrected chi connectivity index (χ3v) is 6.37. The number of nitrogens with zero attached hydrogens (tertiary/aromatic N) is 1. The number of rotatable bonds is 13. The van der Waals surface area contributed by atoms with Gasteiger partial charge in [-0.15, -0.1) is 0 Å². The molecule has 1 heterocycles. The lowest BCUT2D eigenvalue weighted by Gasteiger charge is -2.28. The van der Waals surface area contributed by atoms with Crippen LogP contribution in [-0.2, 0) is 33.4 Å². The Bertz CT molecular complexity index is 1270. The van der Waals surface area contributed by atoms with Gasteiger partial charge in [-0.3, -0.25) is 19.2 Å². The number of carbonyl (C=O) groups is 5. The number of amides is 2. The molecule has 2 amide bonds. The topological polar surface area (TPSA) is 137 Å². The number of aliphatic hydroxyl groups is 1. The first kappa shape index (κ1) is 30.4. The summed E-state index contributed by atoms with van der Waals surface area (Å²) < 4.78 is 15.7. The van der Waals surface area contributed by atoms with Crippen molar-refractivity contribution in [3.63, 3.8) is 0 Å². The first-order valence-electron chi connectivity index (χ1n) is 12.9. The maximum absolute atomic E-state index is 13.7. The number of hydrogen-bond acceptors (Lipinski definition) is 9. The molecule has 1 fully saturated rings. The molecular weight excluding hydrogens is 518 g/mol. The number of unbranched alkanes of at least 4 members (excludes halogenated alkanes) is 1. The van der Waals surface area contributed by atoms with Crippen molar-refractivity contribution in [3.05, 3.63) is 77.4 Å². The van der Waals surface area contributed by atoms with Crippen LogP contribution in [0.1, 0.15) is 48.9 Å². The van der Waals surface area contributed by atoms with Gasteiger partial charge in [0.15, 0.2) is 23.8 Å². The molecule has 3 rings (SSSR count). The normalized spacial score (nSPS) is 16.7. The number of hydrogen-bond donors (Lipinski definition) is 1. The maximum atomic E-state index is 13.7. The second kappa shape index (κ2) is 14.3. The summed E-state index contributed by atoms with van der Waals surface area (Å²) in [6.07, 6.45) is -2.50. The summed E-state index contributed by atoms with van der Waals surface area (Å²) in [6.45, 7) is 2.72. The summed E-state index contributed by atoms with van der Waals surface area (Å²) in [5.41, 5.74) is 2.01. The molecule has 3 unspecified atom stereocenters. The van der Waals surface area contributed by atoms with Crippen molar-refractivity contribution in [1.29, 1.82) is 0 Å². The largest absolute Gasteiger partial charge is 0.451 e. The van der Waals surface area contributed by atoms with Crippen LogP contribution in [0.2, 0.25) is 0 Å². The molecule has 212 valence electrons. The minimum atomic E-state index is -1.79. The number of Topliss-reactive ketones (excluding diaryl/α,β-unsaturated/α-hetero) is 1. The van der Waals surface area contributed by atoms with Crippen LogP contribution in [0.5, 0.6) is 0 Å². The zero-order chi connectivity index (χ0) is 29.2. The van der Waals surface area contributed by atoms with Gasteiger partial charge in [0.05, 0.1) is 0 Å². The third kappa shape index (κ3) is 7.49. The van der Waals surface area contributed by atoms with E-state index in [0.717, 1.165) is 30.6 Å². The minimum Gasteiger partial charge on any atom is -0.451 e. The van der Waals surface area contributed by atoms with Crippen molar-refractivity contribution in [3.8, 4) is 0 Å². The lowest BCUT2D eigenvalue weighted by Crippen LogP contribution is -2.51. The molecule has 40 heavy (non-hydrogen) atoms. The second-order valence-electron chi connectivity index (χ2n) is 9.33. The van der Waals surface area contributed by atoms with E-state index in [4.69, 9.17) is 19.3 Å². The van der Waals surface area contributed by atoms with Gasteiger partial charge in [-0.25, -0.2) is 9.69 Å². The van der Waals surface area contributed by atoms with E-state index < -0.39 is 42.0 Å². The summed E-state index contributed by atoms with van der Waals surface area (Å²) in [6, 6.07) is 14.9. The fourth-order valence-corrected chi connectivity index (χ4v) is 4.42. The number of cyclic esters (lactones) is 1. The zero-order valence-electron chi connectivity index (χ0n) is 22.7. The summed E-state index contributed by atoms with van der Waals surface area (Å²) >= 11 is 0. The van der Waals surface area contributed by atoms with Crippen molar-refractivity contribution in [2.75, 3.05) is 20.3 Å². The highest BCUT2D eigenvalue weighted by Gasteiger charge is 2.46. The van der Waals surface area contributed by atoms with Crippen LogP contribution in [-0.4, -0.2) is 72.1 Å². The number of allylic oxidation sites excluding steroid dienone is 1. The number of ether oxygens (including phenoxy) is 3. The predicted octanol–water partition coefficient (Wildman–Crippen LogP) is 3.35. The van der Waals surface area contributed by atoms with Crippen molar-refractivity contribution in [2.24, 2.45) is 0 Å². The van der Waals surface area contributed by atoms with Crippen LogP contribution in [0.4, 0.5) is 4.79 Å². The smallest absolute Gasteiger partial charge is 0.417 e. The van der Waals surface area contributed by atoms with Crippen molar-refractivity contribution < 1.29 is 43.3 Å². The molecule has 1 aliphatic rings. The lowest BCUT2D eigenvalue weighted by atomic mass is 9.94. The van der Waals surface area contributed by atoms with Gasteiger partial charge in [0.1, 0.15) is 12.6 Å². The van der Waals surface area contributed by atoms with Crippen LogP contribution in [0.3, 0.4) is 0 Å². The van der Waals surface area contributed by atoms with Crippen molar-refractivity contribution in [2.45, 2.75) is 51.4 Å². The fraction of sp³-hybridized carbons (Fsp3) is 0.367. The molecular formula is C30H33NO9. The summed E-state index contributed by atoms with van der Waals surface area (Å²) in [4.78, 5) is 65.9. The highest BCUT2D eigenvalue weighted by atomic mass is 16.6. The molecule has 10 nitrogen and oxygen atoms in total. The average molecular weight is 552 g/mol. The van der Waals surface area contributed by atoms with Crippen molar-refractivity contribution in [1.82, 2.24) is 4.90 Å². The van der Waals surface area contributed by atoms with Crippen molar-refractivity contribution >= 4 is 35.1 Å². The molecule has 10 heteroatoms. The molecule has 3 atom stereocenters. The number of methoxy groups -OCH3 is 1. The molecule has 0 radical (unpaired) electrons. The van der Waals surface area contributed by atoms with Crippen LogP contribution >= 0.6 is 0 Å². The number of benzene rings is 2. The van der Waals surface area contributed by atoms with E-state index >= 15 is 0 Å². The Morgan fingerprint density at radius 2 is 1.80 bits per heavy atom. The SMILES string of the molecule is COC(C(=O)N1C(=O)OCC1c1ccccc1)C(OC(C)=O)C(=O)C=C(C(=O)CCCCO)c1cccc(C)c1. The van der Waals surface area contributed by atoms with Gasteiger partial charge in [-0.2, -0.15) is 0 Å². The van der Waals surface area contributed by atoms with Crippen LogP contribution < -0.4 is 0 Å². The second-order valence-corrected chi connectivity index (χ2v) is 9.33. The van der Waals surface area contributed by atoms with Gasteiger partial charge in [0.25, 0.3) is 5.91 Å². The Labute approximate surface area is 232 Å². The molecule has 1 saturated heterocycles. The fourth-order valence-electron chi connectivity index (χ4n) is 4.42. The maximum Gasteiger partial charge on any atom is 0.417 e. The number of aryl methyl sites for hydroxylation is 1. The Morgan fingerprint density at radius 1 is 1.07 bits per heavy atom. The Kier molecular flexibility index (Phi) is 10.9. The number of aliphatic hydroxyl groups excluding tert-OH is 1. The zero-order valence-corrected chi connectivity index (χ0v) is 22.7. The van der Waals surface area contributed by atoms with Gasteiger partial charge in [0, 0.05) is 32.6 Å². The monoisotopic (exact) mass is 551 g/mol. The number of esters is 1. The Hall–Kier alpha value is -4.15. The van der Waals surface area contributed by atoms with E-state index in [-0.39, 0.29) is 31.0 Å². The van der Waals surface area contributed by atoms with E-state index in [9.17, 15) is 24.0 Å². The van der Waals surface area contributed by atoms with Crippen LogP contribution in [0.15, 0.2) is 60.7 Å². The van der Waals surface area contributed by atoms with Gasteiger partial charge in [0.2, 0.25) is 0 Å².